The molecular formula is C44H37N4OPt-3. The molecule has 0 unspecified atom stereocenters. The van der Waals surface area contributed by atoms with E-state index < -0.39 is 0 Å². The predicted octanol–water partition coefficient (Wildman–Crippen LogP) is 11.2. The van der Waals surface area contributed by atoms with Crippen LogP contribution in [0.5, 0.6) is 11.5 Å². The summed E-state index contributed by atoms with van der Waals surface area (Å²) in [5.74, 6) is 2.09. The molecule has 0 amide bonds. The van der Waals surface area contributed by atoms with Gasteiger partial charge in [-0.05, 0) is 60.0 Å². The number of benzene rings is 5. The molecule has 3 heterocycles. The normalized spacial score (nSPS) is 13.3. The van der Waals surface area contributed by atoms with Gasteiger partial charge >= 0.3 is 0 Å². The van der Waals surface area contributed by atoms with E-state index in [9.17, 15) is 0 Å². The molecule has 0 atom stereocenters. The minimum atomic E-state index is -0.00352. The van der Waals surface area contributed by atoms with Crippen molar-refractivity contribution in [1.82, 2.24) is 9.55 Å². The molecule has 0 fully saturated rings. The van der Waals surface area contributed by atoms with E-state index in [0.29, 0.717) is 11.5 Å². The summed E-state index contributed by atoms with van der Waals surface area (Å²) in [7, 11) is 0. The van der Waals surface area contributed by atoms with Crippen molar-refractivity contribution < 1.29 is 25.8 Å². The average Bonchev–Trinajstić information content (AvgIpc) is 3.61. The summed E-state index contributed by atoms with van der Waals surface area (Å²) < 4.78 is 8.67. The Balaban J connectivity index is 0.00000392. The molecule has 252 valence electrons. The zero-order valence-corrected chi connectivity index (χ0v) is 31.0. The van der Waals surface area contributed by atoms with Gasteiger partial charge in [-0.25, -0.2) is 4.98 Å². The van der Waals surface area contributed by atoms with Gasteiger partial charge in [0.05, 0.1) is 0 Å². The van der Waals surface area contributed by atoms with Crippen LogP contribution in [0.15, 0.2) is 139 Å². The number of hydrogen-bond donors (Lipinski definition) is 0. The fourth-order valence-corrected chi connectivity index (χ4v) is 6.60. The minimum absolute atomic E-state index is 0. The van der Waals surface area contributed by atoms with E-state index in [1.807, 2.05) is 24.4 Å². The molecule has 8 rings (SSSR count). The first-order valence-electron chi connectivity index (χ1n) is 16.6. The number of para-hydroxylation sites is 2. The molecule has 0 aliphatic carbocycles. The Morgan fingerprint density at radius 2 is 1.40 bits per heavy atom. The van der Waals surface area contributed by atoms with Crippen molar-refractivity contribution in [3.8, 4) is 28.4 Å². The van der Waals surface area contributed by atoms with E-state index in [4.69, 9.17) is 9.72 Å². The molecule has 0 bridgehead atoms. The second-order valence-corrected chi connectivity index (χ2v) is 13.5. The van der Waals surface area contributed by atoms with Crippen molar-refractivity contribution in [2.45, 2.75) is 40.0 Å². The van der Waals surface area contributed by atoms with Crippen LogP contribution in [0, 0.1) is 18.8 Å². The number of rotatable bonds is 6. The Morgan fingerprint density at radius 3 is 2.22 bits per heavy atom. The third kappa shape index (κ3) is 6.01. The number of anilines is 2. The monoisotopic (exact) mass is 832 g/mol. The first-order chi connectivity index (χ1) is 23.8. The molecule has 0 saturated carbocycles. The van der Waals surface area contributed by atoms with Crippen LogP contribution in [0.4, 0.5) is 11.4 Å². The van der Waals surface area contributed by atoms with Gasteiger partial charge in [0.15, 0.2) is 0 Å². The molecule has 0 radical (unpaired) electrons. The van der Waals surface area contributed by atoms with Crippen molar-refractivity contribution in [3.05, 3.63) is 163 Å². The number of allylic oxidation sites excluding steroid dienone is 2. The van der Waals surface area contributed by atoms with Crippen LogP contribution in [0.3, 0.4) is 0 Å². The van der Waals surface area contributed by atoms with E-state index in [2.05, 4.69) is 171 Å². The Kier molecular flexibility index (Phi) is 8.88. The number of pyridine rings is 1. The maximum Gasteiger partial charge on any atom is 0.135 e. The van der Waals surface area contributed by atoms with Crippen LogP contribution >= 0.6 is 0 Å². The maximum atomic E-state index is 6.49. The summed E-state index contributed by atoms with van der Waals surface area (Å²) in [5, 5.41) is 2.25. The summed E-state index contributed by atoms with van der Waals surface area (Å²) in [4.78, 5) is 9.23. The van der Waals surface area contributed by atoms with E-state index in [-0.39, 0.29) is 26.5 Å². The van der Waals surface area contributed by atoms with E-state index >= 15 is 0 Å². The molecule has 6 heteroatoms. The van der Waals surface area contributed by atoms with Gasteiger partial charge in [-0.2, -0.15) is 12.1 Å². The van der Waals surface area contributed by atoms with Crippen LogP contribution < -0.4 is 14.5 Å². The smallest absolute Gasteiger partial charge is 0.135 e. The van der Waals surface area contributed by atoms with Crippen LogP contribution in [0.2, 0.25) is 0 Å². The molecule has 0 N–H and O–H groups in total. The van der Waals surface area contributed by atoms with Crippen LogP contribution in [-0.2, 0) is 26.5 Å². The molecule has 0 spiro atoms. The van der Waals surface area contributed by atoms with Crippen LogP contribution in [-0.4, -0.2) is 9.55 Å². The predicted molar refractivity (Wildman–Crippen MR) is 201 cm³/mol. The van der Waals surface area contributed by atoms with Gasteiger partial charge in [0, 0.05) is 66.9 Å². The van der Waals surface area contributed by atoms with Crippen molar-refractivity contribution in [3.63, 3.8) is 0 Å². The average molecular weight is 833 g/mol. The van der Waals surface area contributed by atoms with Crippen LogP contribution in [0.25, 0.3) is 38.8 Å². The molecule has 5 aromatic carbocycles. The summed E-state index contributed by atoms with van der Waals surface area (Å²) in [6.45, 7) is 13.1. The maximum absolute atomic E-state index is 6.49. The Morgan fingerprint density at radius 1 is 0.680 bits per heavy atom. The van der Waals surface area contributed by atoms with Crippen molar-refractivity contribution in [1.29, 1.82) is 0 Å². The number of ether oxygens (including phenoxy) is 1. The van der Waals surface area contributed by atoms with Crippen molar-refractivity contribution in [2.24, 2.45) is 0 Å². The molecule has 50 heavy (non-hydrogen) atoms. The van der Waals surface area contributed by atoms with Gasteiger partial charge in [0.25, 0.3) is 0 Å². The largest absolute Gasteiger partial charge is 0.509 e. The molecule has 1 aliphatic heterocycles. The first-order valence-corrected chi connectivity index (χ1v) is 16.6. The van der Waals surface area contributed by atoms with Gasteiger partial charge in [0.1, 0.15) is 5.82 Å². The van der Waals surface area contributed by atoms with Crippen molar-refractivity contribution in [2.75, 3.05) is 9.80 Å². The second-order valence-electron chi connectivity index (χ2n) is 13.5. The standard InChI is InChI=1S/C44H37N4O.Pt/c1-30-31(2)47(40-20-11-9-18-37(40)32-14-7-6-8-15-32)29-46(30)34-16-13-17-35(27-34)49-36-22-23-39-38-19-10-12-21-41(38)48(42(39)28-36)43-26-33(24-25-45-43)44(3,4)5;/h6-26,29H,1-5H3;/q-3;. The number of hydrogen-bond acceptors (Lipinski definition) is 4. The molecule has 2 aromatic heterocycles. The third-order valence-electron chi connectivity index (χ3n) is 9.36. The number of fused-ring (bicyclic) bond motifs is 3. The second kappa shape index (κ2) is 13.3. The summed E-state index contributed by atoms with van der Waals surface area (Å²) in [6.07, 6.45) is 1.90. The SMILES string of the molecule is CC1=C(C)N(c2ccccc2-c2ccccc2)[CH-]N1c1[c-]c(Oc2[c-]c3c(cc2)c2ccccc2n3-c2cc(C(C)(C)C)ccn2)ccc1.[Pt]. The topological polar surface area (TPSA) is 33.5 Å². The Labute approximate surface area is 308 Å². The number of nitrogens with zero attached hydrogens (tertiary/aromatic N) is 4. The molecule has 0 saturated heterocycles. The van der Waals surface area contributed by atoms with Gasteiger partial charge in [-0.15, -0.1) is 48.1 Å². The van der Waals surface area contributed by atoms with E-state index in [1.54, 1.807) is 0 Å². The molecular weight excluding hydrogens is 796 g/mol. The van der Waals surface area contributed by atoms with Crippen LogP contribution in [0.1, 0.15) is 40.2 Å². The zero-order chi connectivity index (χ0) is 33.7. The minimum Gasteiger partial charge on any atom is -0.509 e. The fourth-order valence-electron chi connectivity index (χ4n) is 6.60. The van der Waals surface area contributed by atoms with E-state index in [1.165, 1.54) is 16.7 Å². The van der Waals surface area contributed by atoms with E-state index in [0.717, 1.165) is 50.4 Å². The molecule has 5 nitrogen and oxygen atoms in total. The van der Waals surface area contributed by atoms with Gasteiger partial charge in [-0.3, -0.25) is 0 Å². The third-order valence-corrected chi connectivity index (χ3v) is 9.36. The molecule has 7 aromatic rings. The summed E-state index contributed by atoms with van der Waals surface area (Å²) in [6, 6.07) is 49.0. The summed E-state index contributed by atoms with van der Waals surface area (Å²) >= 11 is 0. The Bertz CT molecular complexity index is 2370. The Hall–Kier alpha value is -5.12. The molecule has 1 aliphatic rings. The van der Waals surface area contributed by atoms with Gasteiger partial charge < -0.3 is 19.1 Å². The zero-order valence-electron chi connectivity index (χ0n) is 28.7. The quantitative estimate of drug-likeness (QED) is 0.156. The van der Waals surface area contributed by atoms with Gasteiger partial charge in [-0.1, -0.05) is 93.0 Å². The first kappa shape index (κ1) is 33.4. The summed E-state index contributed by atoms with van der Waals surface area (Å²) in [5.41, 5.74) is 9.88. The van der Waals surface area contributed by atoms with Gasteiger partial charge in [0.2, 0.25) is 0 Å². The fraction of sp³-hybridized carbons (Fsp3) is 0.136. The number of aromatic nitrogens is 2. The van der Waals surface area contributed by atoms with Crippen molar-refractivity contribution >= 4 is 33.2 Å².